The number of halogens is 3. The standard InChI is InChI=1S/C23H25BF3NO4/c1-14-10-17(24-31-21(2,3)22(4,5)32-24)11-16-13-28(20(29)19(14)16)12-15-6-8-18(9-7-15)30-23(25,26)27/h6-11H,12-13H2,1-5H3. The van der Waals surface area contributed by atoms with Gasteiger partial charge in [0.15, 0.2) is 0 Å². The van der Waals surface area contributed by atoms with E-state index in [0.29, 0.717) is 17.7 Å². The van der Waals surface area contributed by atoms with Crippen LogP contribution in [-0.2, 0) is 22.4 Å². The maximum atomic E-state index is 13.0. The molecule has 0 unspecified atom stereocenters. The normalized spacial score (nSPS) is 19.4. The molecular weight excluding hydrogens is 422 g/mol. The van der Waals surface area contributed by atoms with Gasteiger partial charge in [-0.15, -0.1) is 13.2 Å². The number of hydrogen-bond donors (Lipinski definition) is 0. The minimum Gasteiger partial charge on any atom is -0.406 e. The van der Waals surface area contributed by atoms with Crippen molar-refractivity contribution in [3.05, 3.63) is 58.7 Å². The predicted molar refractivity (Wildman–Crippen MR) is 114 cm³/mol. The van der Waals surface area contributed by atoms with Gasteiger partial charge >= 0.3 is 13.5 Å². The number of rotatable bonds is 4. The Morgan fingerprint density at radius 1 is 1.06 bits per heavy atom. The van der Waals surface area contributed by atoms with Crippen LogP contribution in [0.1, 0.15) is 54.7 Å². The molecule has 5 nitrogen and oxygen atoms in total. The molecule has 9 heteroatoms. The van der Waals surface area contributed by atoms with Crippen molar-refractivity contribution < 1.29 is 32.0 Å². The van der Waals surface area contributed by atoms with Crippen molar-refractivity contribution in [2.75, 3.05) is 0 Å². The Morgan fingerprint density at radius 2 is 1.66 bits per heavy atom. The highest BCUT2D eigenvalue weighted by molar-refractivity contribution is 6.62. The summed E-state index contributed by atoms with van der Waals surface area (Å²) in [6.45, 7) is 10.5. The number of amides is 1. The average Bonchev–Trinajstić information content (AvgIpc) is 3.08. The second-order valence-corrected chi connectivity index (χ2v) is 9.31. The summed E-state index contributed by atoms with van der Waals surface area (Å²) in [4.78, 5) is 14.7. The first-order valence-corrected chi connectivity index (χ1v) is 10.4. The number of hydrogen-bond acceptors (Lipinski definition) is 4. The van der Waals surface area contributed by atoms with Crippen molar-refractivity contribution >= 4 is 18.5 Å². The average molecular weight is 447 g/mol. The third-order valence-electron chi connectivity index (χ3n) is 6.36. The summed E-state index contributed by atoms with van der Waals surface area (Å²) in [5, 5.41) is 0. The zero-order chi connectivity index (χ0) is 23.5. The number of nitrogens with zero attached hydrogens (tertiary/aromatic N) is 1. The fourth-order valence-electron chi connectivity index (χ4n) is 4.02. The van der Waals surface area contributed by atoms with Crippen LogP contribution >= 0.6 is 0 Å². The minimum absolute atomic E-state index is 0.103. The maximum Gasteiger partial charge on any atom is 0.573 e. The van der Waals surface area contributed by atoms with Gasteiger partial charge in [0, 0.05) is 18.7 Å². The van der Waals surface area contributed by atoms with Gasteiger partial charge in [-0.05, 0) is 68.9 Å². The Bertz CT molecular complexity index is 1030. The third-order valence-corrected chi connectivity index (χ3v) is 6.36. The molecule has 2 heterocycles. The van der Waals surface area contributed by atoms with Gasteiger partial charge in [-0.3, -0.25) is 4.79 Å². The number of ether oxygens (including phenoxy) is 1. The Morgan fingerprint density at radius 3 is 2.22 bits per heavy atom. The van der Waals surface area contributed by atoms with E-state index in [-0.39, 0.29) is 18.2 Å². The van der Waals surface area contributed by atoms with Crippen molar-refractivity contribution in [3.63, 3.8) is 0 Å². The molecule has 0 bridgehead atoms. The highest BCUT2D eigenvalue weighted by Gasteiger charge is 2.52. The molecule has 0 N–H and O–H groups in total. The SMILES string of the molecule is Cc1cc(B2OC(C)(C)C(C)(C)O2)cc2c1C(=O)N(Cc1ccc(OC(F)(F)F)cc1)C2. The molecule has 0 saturated carbocycles. The van der Waals surface area contributed by atoms with Crippen LogP contribution < -0.4 is 10.2 Å². The van der Waals surface area contributed by atoms with E-state index >= 15 is 0 Å². The highest BCUT2D eigenvalue weighted by Crippen LogP contribution is 2.37. The Kier molecular flexibility index (Phi) is 5.33. The number of alkyl halides is 3. The quantitative estimate of drug-likeness (QED) is 0.655. The van der Waals surface area contributed by atoms with E-state index in [9.17, 15) is 18.0 Å². The molecule has 2 aliphatic heterocycles. The van der Waals surface area contributed by atoms with E-state index in [1.165, 1.54) is 24.3 Å². The van der Waals surface area contributed by atoms with E-state index in [2.05, 4.69) is 4.74 Å². The topological polar surface area (TPSA) is 48.0 Å². The van der Waals surface area contributed by atoms with Gasteiger partial charge in [-0.1, -0.05) is 24.3 Å². The largest absolute Gasteiger partial charge is 0.573 e. The first-order chi connectivity index (χ1) is 14.8. The molecule has 0 atom stereocenters. The first-order valence-electron chi connectivity index (χ1n) is 10.4. The molecule has 2 aromatic rings. The number of aryl methyl sites for hydroxylation is 1. The van der Waals surface area contributed by atoms with Gasteiger partial charge in [0.2, 0.25) is 0 Å². The van der Waals surface area contributed by atoms with Crippen molar-refractivity contribution in [1.29, 1.82) is 0 Å². The van der Waals surface area contributed by atoms with Crippen LogP contribution in [0.2, 0.25) is 0 Å². The molecule has 1 saturated heterocycles. The van der Waals surface area contributed by atoms with Crippen LogP contribution in [0.3, 0.4) is 0 Å². The van der Waals surface area contributed by atoms with Crippen LogP contribution in [0.4, 0.5) is 13.2 Å². The summed E-state index contributed by atoms with van der Waals surface area (Å²) in [7, 11) is -0.519. The summed E-state index contributed by atoms with van der Waals surface area (Å²) in [6, 6.07) is 9.42. The van der Waals surface area contributed by atoms with Crippen molar-refractivity contribution in [2.24, 2.45) is 0 Å². The van der Waals surface area contributed by atoms with Gasteiger partial charge in [-0.2, -0.15) is 0 Å². The molecule has 4 rings (SSSR count). The Balaban J connectivity index is 1.51. The second kappa shape index (κ2) is 7.52. The smallest absolute Gasteiger partial charge is 0.406 e. The van der Waals surface area contributed by atoms with Gasteiger partial charge < -0.3 is 18.9 Å². The molecular formula is C23H25BF3NO4. The van der Waals surface area contributed by atoms with E-state index in [4.69, 9.17) is 9.31 Å². The summed E-state index contributed by atoms with van der Waals surface area (Å²) >= 11 is 0. The van der Waals surface area contributed by atoms with Crippen LogP contribution in [0, 0.1) is 6.92 Å². The fourth-order valence-corrected chi connectivity index (χ4v) is 4.02. The summed E-state index contributed by atoms with van der Waals surface area (Å²) < 4.78 is 53.2. The van der Waals surface area contributed by atoms with Crippen LogP contribution in [-0.4, -0.2) is 35.5 Å². The van der Waals surface area contributed by atoms with E-state index < -0.39 is 24.7 Å². The molecule has 0 radical (unpaired) electrons. The molecule has 1 amide bonds. The number of fused-ring (bicyclic) bond motifs is 1. The van der Waals surface area contributed by atoms with E-state index in [1.807, 2.05) is 46.8 Å². The van der Waals surface area contributed by atoms with Crippen molar-refractivity contribution in [1.82, 2.24) is 4.90 Å². The molecule has 2 aliphatic rings. The zero-order valence-electron chi connectivity index (χ0n) is 18.7. The number of carbonyl (C=O) groups is 1. The predicted octanol–water partition coefficient (Wildman–Crippen LogP) is 4.35. The lowest BCUT2D eigenvalue weighted by Gasteiger charge is -2.32. The first kappa shape index (κ1) is 22.7. The van der Waals surface area contributed by atoms with Crippen molar-refractivity contribution in [3.8, 4) is 5.75 Å². The van der Waals surface area contributed by atoms with E-state index in [0.717, 1.165) is 16.6 Å². The molecule has 32 heavy (non-hydrogen) atoms. The van der Waals surface area contributed by atoms with Gasteiger partial charge in [0.1, 0.15) is 5.75 Å². The lowest BCUT2D eigenvalue weighted by molar-refractivity contribution is -0.274. The molecule has 0 aromatic heterocycles. The zero-order valence-corrected chi connectivity index (χ0v) is 18.7. The molecule has 0 spiro atoms. The lowest BCUT2D eigenvalue weighted by atomic mass is 9.77. The number of benzene rings is 2. The second-order valence-electron chi connectivity index (χ2n) is 9.31. The lowest BCUT2D eigenvalue weighted by Crippen LogP contribution is -2.41. The van der Waals surface area contributed by atoms with Gasteiger partial charge in [-0.25, -0.2) is 0 Å². The van der Waals surface area contributed by atoms with Gasteiger partial charge in [0.05, 0.1) is 11.2 Å². The minimum atomic E-state index is -4.74. The molecule has 2 aromatic carbocycles. The van der Waals surface area contributed by atoms with Crippen molar-refractivity contribution in [2.45, 2.75) is 65.3 Å². The third kappa shape index (κ3) is 4.23. The summed E-state index contributed by atoms with van der Waals surface area (Å²) in [5.41, 5.74) is 3.03. The number of carbonyl (C=O) groups excluding carboxylic acids is 1. The molecule has 170 valence electrons. The summed E-state index contributed by atoms with van der Waals surface area (Å²) in [6.07, 6.45) is -4.74. The highest BCUT2D eigenvalue weighted by atomic mass is 19.4. The Hall–Kier alpha value is -2.52. The van der Waals surface area contributed by atoms with Crippen LogP contribution in [0.5, 0.6) is 5.75 Å². The van der Waals surface area contributed by atoms with Crippen LogP contribution in [0.25, 0.3) is 0 Å². The van der Waals surface area contributed by atoms with E-state index in [1.54, 1.807) is 4.90 Å². The summed E-state index contributed by atoms with van der Waals surface area (Å²) in [5.74, 6) is -0.395. The fraction of sp³-hybridized carbons (Fsp3) is 0.435. The van der Waals surface area contributed by atoms with Crippen LogP contribution in [0.15, 0.2) is 36.4 Å². The van der Waals surface area contributed by atoms with Gasteiger partial charge in [0.25, 0.3) is 5.91 Å². The monoisotopic (exact) mass is 447 g/mol. The Labute approximate surface area is 185 Å². The maximum absolute atomic E-state index is 13.0. The molecule has 1 fully saturated rings. The molecule has 0 aliphatic carbocycles.